The molecule has 0 bridgehead atoms. The average Bonchev–Trinajstić information content (AvgIpc) is 2.55. The minimum absolute atomic E-state index is 0.714. The molecule has 3 rings (SSSR count). The van der Waals surface area contributed by atoms with E-state index in [9.17, 15) is 0 Å². The van der Waals surface area contributed by atoms with Crippen molar-refractivity contribution in [2.75, 3.05) is 0 Å². The Morgan fingerprint density at radius 3 is 3.00 bits per heavy atom. The summed E-state index contributed by atoms with van der Waals surface area (Å²) in [6, 6.07) is 8.94. The summed E-state index contributed by atoms with van der Waals surface area (Å²) in [5.41, 5.74) is 4.79. The second-order valence-corrected chi connectivity index (χ2v) is 4.49. The third-order valence-corrected chi connectivity index (χ3v) is 3.58. The van der Waals surface area contributed by atoms with Crippen LogP contribution in [-0.2, 0) is 6.42 Å². The topological polar surface area (TPSA) is 0 Å². The van der Waals surface area contributed by atoms with Gasteiger partial charge in [0.15, 0.2) is 0 Å². The highest BCUT2D eigenvalue weighted by Crippen LogP contribution is 2.41. The number of allylic oxidation sites excluding steroid dienone is 4. The first kappa shape index (κ1) is 8.96. The summed E-state index contributed by atoms with van der Waals surface area (Å²) in [6.45, 7) is 0. The number of fused-ring (bicyclic) bond motifs is 3. The molecule has 0 saturated carbocycles. The molecule has 1 aromatic carbocycles. The summed E-state index contributed by atoms with van der Waals surface area (Å²) in [6.07, 6.45) is 11.9. The Bertz CT molecular complexity index is 423. The van der Waals surface area contributed by atoms with Crippen LogP contribution in [0.3, 0.4) is 0 Å². The molecule has 76 valence electrons. The molecular weight excluding hydrogens is 180 g/mol. The Labute approximate surface area is 91.3 Å². The SMILES string of the molecule is C1=C\CCC2/C(=C\C/1)Cc1ccccc12. The van der Waals surface area contributed by atoms with Crippen molar-refractivity contribution in [3.05, 3.63) is 59.2 Å². The molecule has 2 aliphatic rings. The van der Waals surface area contributed by atoms with E-state index in [4.69, 9.17) is 0 Å². The van der Waals surface area contributed by atoms with E-state index in [0.29, 0.717) is 5.92 Å². The quantitative estimate of drug-likeness (QED) is 0.550. The van der Waals surface area contributed by atoms with Gasteiger partial charge in [-0.05, 0) is 36.8 Å². The van der Waals surface area contributed by atoms with Crippen LogP contribution in [0.5, 0.6) is 0 Å². The number of benzene rings is 1. The Hall–Kier alpha value is -1.30. The third kappa shape index (κ3) is 1.54. The molecule has 2 aliphatic carbocycles. The van der Waals surface area contributed by atoms with Crippen LogP contribution in [0.4, 0.5) is 0 Å². The monoisotopic (exact) mass is 196 g/mol. The van der Waals surface area contributed by atoms with Gasteiger partial charge in [-0.3, -0.25) is 0 Å². The zero-order valence-corrected chi connectivity index (χ0v) is 8.95. The van der Waals surface area contributed by atoms with Crippen LogP contribution in [0.1, 0.15) is 36.3 Å². The van der Waals surface area contributed by atoms with Crippen LogP contribution in [0.25, 0.3) is 0 Å². The Balaban J connectivity index is 2.02. The van der Waals surface area contributed by atoms with Crippen molar-refractivity contribution in [2.45, 2.75) is 31.6 Å². The summed E-state index contributed by atoms with van der Waals surface area (Å²) in [5.74, 6) is 0.714. The fraction of sp³-hybridized carbons (Fsp3) is 0.333. The highest BCUT2D eigenvalue weighted by molar-refractivity contribution is 5.46. The van der Waals surface area contributed by atoms with Gasteiger partial charge in [-0.1, -0.05) is 48.1 Å². The molecule has 0 N–H and O–H groups in total. The van der Waals surface area contributed by atoms with Gasteiger partial charge in [0.1, 0.15) is 0 Å². The van der Waals surface area contributed by atoms with E-state index >= 15 is 0 Å². The molecule has 0 radical (unpaired) electrons. The van der Waals surface area contributed by atoms with Crippen molar-refractivity contribution in [1.29, 1.82) is 0 Å². The predicted octanol–water partition coefficient (Wildman–Crippen LogP) is 3.99. The van der Waals surface area contributed by atoms with Crippen molar-refractivity contribution in [3.8, 4) is 0 Å². The fourth-order valence-corrected chi connectivity index (χ4v) is 2.83. The minimum atomic E-state index is 0.714. The number of hydrogen-bond acceptors (Lipinski definition) is 0. The van der Waals surface area contributed by atoms with Crippen LogP contribution in [0.2, 0.25) is 0 Å². The molecule has 0 aromatic heterocycles. The predicted molar refractivity (Wildman–Crippen MR) is 64.0 cm³/mol. The highest BCUT2D eigenvalue weighted by atomic mass is 14.3. The Kier molecular flexibility index (Phi) is 2.21. The zero-order chi connectivity index (χ0) is 10.1. The average molecular weight is 196 g/mol. The fourth-order valence-electron chi connectivity index (χ4n) is 2.83. The molecule has 0 saturated heterocycles. The van der Waals surface area contributed by atoms with E-state index in [1.165, 1.54) is 19.3 Å². The van der Waals surface area contributed by atoms with E-state index in [-0.39, 0.29) is 0 Å². The molecule has 0 spiro atoms. The van der Waals surface area contributed by atoms with Gasteiger partial charge >= 0.3 is 0 Å². The van der Waals surface area contributed by atoms with Crippen molar-refractivity contribution < 1.29 is 0 Å². The molecule has 1 unspecified atom stereocenters. The highest BCUT2D eigenvalue weighted by Gasteiger charge is 2.25. The lowest BCUT2D eigenvalue weighted by Gasteiger charge is -2.14. The van der Waals surface area contributed by atoms with Gasteiger partial charge in [-0.2, -0.15) is 0 Å². The lowest BCUT2D eigenvalue weighted by Crippen LogP contribution is -1.97. The summed E-state index contributed by atoms with van der Waals surface area (Å²) >= 11 is 0. The molecule has 0 amide bonds. The van der Waals surface area contributed by atoms with Gasteiger partial charge in [0, 0.05) is 5.92 Å². The molecule has 15 heavy (non-hydrogen) atoms. The molecule has 0 aliphatic heterocycles. The van der Waals surface area contributed by atoms with Crippen molar-refractivity contribution in [2.24, 2.45) is 0 Å². The lowest BCUT2D eigenvalue weighted by atomic mass is 9.91. The maximum atomic E-state index is 2.43. The standard InChI is InChI=1S/C15H16/c1-2-4-9-14-12(7-3-1)11-13-8-5-6-10-15(13)14/h1-2,5-8,10,14H,3-4,9,11H2/b2-1-,12-7-. The summed E-state index contributed by atoms with van der Waals surface area (Å²) in [7, 11) is 0. The van der Waals surface area contributed by atoms with Gasteiger partial charge < -0.3 is 0 Å². The van der Waals surface area contributed by atoms with E-state index in [0.717, 1.165) is 6.42 Å². The summed E-state index contributed by atoms with van der Waals surface area (Å²) < 4.78 is 0. The molecule has 0 heteroatoms. The first-order valence-electron chi connectivity index (χ1n) is 5.87. The third-order valence-electron chi connectivity index (χ3n) is 3.58. The second-order valence-electron chi connectivity index (χ2n) is 4.49. The molecule has 1 aromatic rings. The molecule has 0 nitrogen and oxygen atoms in total. The molecule has 0 fully saturated rings. The van der Waals surface area contributed by atoms with E-state index < -0.39 is 0 Å². The van der Waals surface area contributed by atoms with Gasteiger partial charge in [-0.25, -0.2) is 0 Å². The Morgan fingerprint density at radius 2 is 2.00 bits per heavy atom. The largest absolute Gasteiger partial charge is 0.0882 e. The van der Waals surface area contributed by atoms with Crippen molar-refractivity contribution >= 4 is 0 Å². The van der Waals surface area contributed by atoms with Crippen LogP contribution >= 0.6 is 0 Å². The van der Waals surface area contributed by atoms with Crippen LogP contribution in [0.15, 0.2) is 48.1 Å². The van der Waals surface area contributed by atoms with Crippen LogP contribution in [-0.4, -0.2) is 0 Å². The number of hydrogen-bond donors (Lipinski definition) is 0. The second kappa shape index (κ2) is 3.69. The molecule has 0 heterocycles. The smallest absolute Gasteiger partial charge is 0.00573 e. The minimum Gasteiger partial charge on any atom is -0.0882 e. The zero-order valence-electron chi connectivity index (χ0n) is 8.95. The normalized spacial score (nSPS) is 29.3. The van der Waals surface area contributed by atoms with Gasteiger partial charge in [0.25, 0.3) is 0 Å². The maximum Gasteiger partial charge on any atom is 0.00573 e. The van der Waals surface area contributed by atoms with Crippen LogP contribution in [0, 0.1) is 0 Å². The maximum absolute atomic E-state index is 2.43. The van der Waals surface area contributed by atoms with Gasteiger partial charge in [-0.15, -0.1) is 0 Å². The van der Waals surface area contributed by atoms with E-state index in [1.54, 1.807) is 16.7 Å². The number of rotatable bonds is 0. The van der Waals surface area contributed by atoms with Gasteiger partial charge in [0.05, 0.1) is 0 Å². The lowest BCUT2D eigenvalue weighted by molar-refractivity contribution is 0.722. The summed E-state index contributed by atoms with van der Waals surface area (Å²) in [5, 5.41) is 0. The molecular formula is C15H16. The summed E-state index contributed by atoms with van der Waals surface area (Å²) in [4.78, 5) is 0. The molecule has 1 atom stereocenters. The first-order valence-corrected chi connectivity index (χ1v) is 5.87. The van der Waals surface area contributed by atoms with E-state index in [2.05, 4.69) is 42.5 Å². The van der Waals surface area contributed by atoms with Crippen molar-refractivity contribution in [3.63, 3.8) is 0 Å². The first-order chi connectivity index (χ1) is 7.45. The van der Waals surface area contributed by atoms with Crippen molar-refractivity contribution in [1.82, 2.24) is 0 Å². The Morgan fingerprint density at radius 1 is 1.07 bits per heavy atom. The van der Waals surface area contributed by atoms with E-state index in [1.807, 2.05) is 0 Å². The van der Waals surface area contributed by atoms with Crippen LogP contribution < -0.4 is 0 Å². The van der Waals surface area contributed by atoms with Gasteiger partial charge in [0.2, 0.25) is 0 Å².